The second-order valence-corrected chi connectivity index (χ2v) is 3.55. The predicted octanol–water partition coefficient (Wildman–Crippen LogP) is 2.67. The number of aromatic nitrogens is 1. The molecule has 0 aliphatic rings. The molecule has 1 aromatic carbocycles. The maximum atomic E-state index is 11.7. The zero-order valence-corrected chi connectivity index (χ0v) is 8.15. The van der Waals surface area contributed by atoms with Gasteiger partial charge in [0.2, 0.25) is 11.5 Å². The minimum absolute atomic E-state index is 0.00120. The molecule has 0 saturated heterocycles. The number of benzene rings is 1. The number of hydrogen-bond donors (Lipinski definition) is 0. The molecule has 0 aliphatic carbocycles. The largest absolute Gasteiger partial charge is 0.352 e. The van der Waals surface area contributed by atoms with Crippen molar-refractivity contribution in [1.29, 1.82) is 0 Å². The summed E-state index contributed by atoms with van der Waals surface area (Å²) in [6, 6.07) is 7.42. The Morgan fingerprint density at radius 1 is 1.36 bits per heavy atom. The van der Waals surface area contributed by atoms with Gasteiger partial charge in [-0.3, -0.25) is 4.79 Å². The number of nitrogens with zero attached hydrogens (tertiary/aromatic N) is 1. The fourth-order valence-corrected chi connectivity index (χ4v) is 1.33. The zero-order chi connectivity index (χ0) is 10.1. The van der Waals surface area contributed by atoms with Crippen LogP contribution >= 0.6 is 0 Å². The lowest BCUT2D eigenvalue weighted by Crippen LogP contribution is -2.06. The summed E-state index contributed by atoms with van der Waals surface area (Å²) in [6.45, 7) is 3.69. The molecule has 3 nitrogen and oxygen atoms in total. The van der Waals surface area contributed by atoms with Gasteiger partial charge in [-0.05, 0) is 12.1 Å². The molecule has 0 atom stereocenters. The molecule has 72 valence electrons. The van der Waals surface area contributed by atoms with Crippen molar-refractivity contribution in [2.45, 2.75) is 13.8 Å². The molecule has 0 amide bonds. The SMILES string of the molecule is CC(C)C(=O)c1onc2ccccc12. The van der Waals surface area contributed by atoms with Gasteiger partial charge in [0, 0.05) is 5.92 Å². The summed E-state index contributed by atoms with van der Waals surface area (Å²) < 4.78 is 5.04. The summed E-state index contributed by atoms with van der Waals surface area (Å²) in [6.07, 6.45) is 0. The van der Waals surface area contributed by atoms with E-state index in [1.165, 1.54) is 0 Å². The van der Waals surface area contributed by atoms with Crippen LogP contribution in [0.3, 0.4) is 0 Å². The van der Waals surface area contributed by atoms with Gasteiger partial charge in [-0.1, -0.05) is 31.1 Å². The molecule has 0 radical (unpaired) electrons. The fraction of sp³-hybridized carbons (Fsp3) is 0.273. The van der Waals surface area contributed by atoms with E-state index in [0.29, 0.717) is 5.76 Å². The fourth-order valence-electron chi connectivity index (χ4n) is 1.33. The number of carbonyl (C=O) groups is 1. The van der Waals surface area contributed by atoms with E-state index < -0.39 is 0 Å². The van der Waals surface area contributed by atoms with E-state index in [9.17, 15) is 4.79 Å². The van der Waals surface area contributed by atoms with Crippen molar-refractivity contribution in [3.63, 3.8) is 0 Å². The molecule has 0 unspecified atom stereocenters. The Bertz CT molecular complexity index is 471. The lowest BCUT2D eigenvalue weighted by Gasteiger charge is -1.98. The molecular weight excluding hydrogens is 178 g/mol. The monoisotopic (exact) mass is 189 g/mol. The van der Waals surface area contributed by atoms with Crippen molar-refractivity contribution < 1.29 is 9.32 Å². The number of hydrogen-bond acceptors (Lipinski definition) is 3. The first-order valence-corrected chi connectivity index (χ1v) is 4.59. The highest BCUT2D eigenvalue weighted by Crippen LogP contribution is 2.20. The van der Waals surface area contributed by atoms with Crippen molar-refractivity contribution in [2.24, 2.45) is 5.92 Å². The minimum Gasteiger partial charge on any atom is -0.352 e. The maximum absolute atomic E-state index is 11.7. The molecule has 1 heterocycles. The number of ketones is 1. The highest BCUT2D eigenvalue weighted by molar-refractivity contribution is 6.05. The van der Waals surface area contributed by atoms with E-state index in [0.717, 1.165) is 10.9 Å². The molecule has 0 spiro atoms. The first-order valence-electron chi connectivity index (χ1n) is 4.59. The van der Waals surface area contributed by atoms with Gasteiger partial charge < -0.3 is 4.52 Å². The predicted molar refractivity (Wildman–Crippen MR) is 53.2 cm³/mol. The third-order valence-electron chi connectivity index (χ3n) is 2.13. The van der Waals surface area contributed by atoms with Crippen LogP contribution in [0.15, 0.2) is 28.8 Å². The van der Waals surface area contributed by atoms with Crippen LogP contribution in [0.1, 0.15) is 24.4 Å². The molecule has 3 heteroatoms. The van der Waals surface area contributed by atoms with Crippen LogP contribution in [0, 0.1) is 5.92 Å². The van der Waals surface area contributed by atoms with Gasteiger partial charge in [0.25, 0.3) is 0 Å². The van der Waals surface area contributed by atoms with Crippen molar-refractivity contribution in [3.8, 4) is 0 Å². The van der Waals surface area contributed by atoms with Crippen LogP contribution in [-0.2, 0) is 0 Å². The average Bonchev–Trinajstić information content (AvgIpc) is 2.60. The van der Waals surface area contributed by atoms with Gasteiger partial charge >= 0.3 is 0 Å². The van der Waals surface area contributed by atoms with Gasteiger partial charge in [-0.2, -0.15) is 0 Å². The molecule has 0 bridgehead atoms. The number of carbonyl (C=O) groups excluding carboxylic acids is 1. The zero-order valence-electron chi connectivity index (χ0n) is 8.15. The summed E-state index contributed by atoms with van der Waals surface area (Å²) in [5.74, 6) is 0.306. The van der Waals surface area contributed by atoms with Gasteiger partial charge in [-0.15, -0.1) is 0 Å². The molecule has 0 aliphatic heterocycles. The molecule has 0 N–H and O–H groups in total. The normalized spacial score (nSPS) is 11.1. The second-order valence-electron chi connectivity index (χ2n) is 3.55. The first kappa shape index (κ1) is 8.94. The Balaban J connectivity index is 2.58. The molecule has 0 saturated carbocycles. The van der Waals surface area contributed by atoms with E-state index in [-0.39, 0.29) is 11.7 Å². The molecule has 0 fully saturated rings. The Labute approximate surface area is 81.7 Å². The van der Waals surface area contributed by atoms with E-state index >= 15 is 0 Å². The third kappa shape index (κ3) is 1.31. The van der Waals surface area contributed by atoms with Crippen LogP contribution in [0.4, 0.5) is 0 Å². The Morgan fingerprint density at radius 3 is 2.79 bits per heavy atom. The van der Waals surface area contributed by atoms with Crippen molar-refractivity contribution in [1.82, 2.24) is 5.16 Å². The van der Waals surface area contributed by atoms with Crippen LogP contribution in [0.2, 0.25) is 0 Å². The van der Waals surface area contributed by atoms with Crippen LogP contribution < -0.4 is 0 Å². The van der Waals surface area contributed by atoms with Crippen molar-refractivity contribution in [3.05, 3.63) is 30.0 Å². The van der Waals surface area contributed by atoms with Crippen molar-refractivity contribution >= 4 is 16.7 Å². The molecule has 1 aromatic heterocycles. The summed E-state index contributed by atoms with van der Waals surface area (Å²) in [5.41, 5.74) is 0.733. The second kappa shape index (κ2) is 3.25. The average molecular weight is 189 g/mol. The summed E-state index contributed by atoms with van der Waals surface area (Å²) in [7, 11) is 0. The number of Topliss-reactive ketones (excluding diaryl/α,β-unsaturated/α-hetero) is 1. The van der Waals surface area contributed by atoms with Crippen molar-refractivity contribution in [2.75, 3.05) is 0 Å². The van der Waals surface area contributed by atoms with Gasteiger partial charge in [0.05, 0.1) is 5.39 Å². The van der Waals surface area contributed by atoms with E-state index in [2.05, 4.69) is 5.16 Å². The molecule has 2 aromatic rings. The van der Waals surface area contributed by atoms with Crippen LogP contribution in [0.5, 0.6) is 0 Å². The molecular formula is C11H11NO2. The van der Waals surface area contributed by atoms with Crippen LogP contribution in [-0.4, -0.2) is 10.9 Å². The summed E-state index contributed by atoms with van der Waals surface area (Å²) in [5, 5.41) is 4.62. The summed E-state index contributed by atoms with van der Waals surface area (Å²) in [4.78, 5) is 11.7. The highest BCUT2D eigenvalue weighted by atomic mass is 16.5. The van der Waals surface area contributed by atoms with Crippen LogP contribution in [0.25, 0.3) is 10.9 Å². The smallest absolute Gasteiger partial charge is 0.210 e. The van der Waals surface area contributed by atoms with Gasteiger partial charge in [0.1, 0.15) is 5.52 Å². The molecule has 2 rings (SSSR count). The van der Waals surface area contributed by atoms with E-state index in [4.69, 9.17) is 4.52 Å². The van der Waals surface area contributed by atoms with E-state index in [1.807, 2.05) is 38.1 Å². The van der Waals surface area contributed by atoms with E-state index in [1.54, 1.807) is 0 Å². The highest BCUT2D eigenvalue weighted by Gasteiger charge is 2.18. The minimum atomic E-state index is -0.0636. The third-order valence-corrected chi connectivity index (χ3v) is 2.13. The maximum Gasteiger partial charge on any atom is 0.210 e. The number of fused-ring (bicyclic) bond motifs is 1. The quantitative estimate of drug-likeness (QED) is 0.682. The standard InChI is InChI=1S/C11H11NO2/c1-7(2)10(13)11-8-5-3-4-6-9(8)12-14-11/h3-7H,1-2H3. The Morgan fingerprint density at radius 2 is 2.07 bits per heavy atom. The number of rotatable bonds is 2. The lowest BCUT2D eigenvalue weighted by molar-refractivity contribution is 0.0904. The Kier molecular flexibility index (Phi) is 2.08. The van der Waals surface area contributed by atoms with Gasteiger partial charge in [0.15, 0.2) is 0 Å². The molecule has 14 heavy (non-hydrogen) atoms. The first-order chi connectivity index (χ1) is 6.70. The Hall–Kier alpha value is -1.64. The summed E-state index contributed by atoms with van der Waals surface area (Å²) >= 11 is 0. The van der Waals surface area contributed by atoms with Gasteiger partial charge in [-0.25, -0.2) is 0 Å². The lowest BCUT2D eigenvalue weighted by atomic mass is 10.0. The topological polar surface area (TPSA) is 43.1 Å².